The Bertz CT molecular complexity index is 865. The van der Waals surface area contributed by atoms with Crippen molar-refractivity contribution in [2.45, 2.75) is 122 Å². The number of carbonyl (C=O) groups excluding carboxylic acids is 2. The van der Waals surface area contributed by atoms with E-state index in [0.29, 0.717) is 36.5 Å². The monoisotopic (exact) mass is 587 g/mol. The van der Waals surface area contributed by atoms with Crippen LogP contribution < -0.4 is 16.4 Å². The third-order valence-electron chi connectivity index (χ3n) is 11.9. The Labute approximate surface area is 255 Å². The van der Waals surface area contributed by atoms with Gasteiger partial charge < -0.3 is 21.1 Å². The molecule has 5 aliphatic rings. The lowest BCUT2D eigenvalue weighted by Gasteiger charge is -2.47. The first-order valence-corrected chi connectivity index (χ1v) is 17.7. The average Bonchev–Trinajstić information content (AvgIpc) is 2.98. The van der Waals surface area contributed by atoms with E-state index >= 15 is 0 Å². The van der Waals surface area contributed by atoms with Gasteiger partial charge in [-0.25, -0.2) is 0 Å². The van der Waals surface area contributed by atoms with Gasteiger partial charge in [-0.3, -0.25) is 19.4 Å². The second kappa shape index (κ2) is 15.2. The summed E-state index contributed by atoms with van der Waals surface area (Å²) in [7, 11) is 0. The van der Waals surface area contributed by atoms with E-state index in [0.717, 1.165) is 76.8 Å². The topological polar surface area (TPSA) is 99.9 Å². The molecule has 2 heterocycles. The molecule has 8 heteroatoms. The Morgan fingerprint density at radius 2 is 1.67 bits per heavy atom. The van der Waals surface area contributed by atoms with Gasteiger partial charge in [-0.1, -0.05) is 13.8 Å². The molecule has 0 spiro atoms. The van der Waals surface area contributed by atoms with Gasteiger partial charge in [0.15, 0.2) is 0 Å². The van der Waals surface area contributed by atoms with Gasteiger partial charge in [0.1, 0.15) is 0 Å². The highest BCUT2D eigenvalue weighted by molar-refractivity contribution is 5.82. The molecular formula is C34H61N5O3. The Morgan fingerprint density at radius 1 is 0.952 bits per heavy atom. The number of nitrogens with zero attached hydrogens (tertiary/aromatic N) is 2. The van der Waals surface area contributed by atoms with Crippen molar-refractivity contribution in [2.75, 3.05) is 45.9 Å². The van der Waals surface area contributed by atoms with Gasteiger partial charge in [0, 0.05) is 56.3 Å². The summed E-state index contributed by atoms with van der Waals surface area (Å²) in [6.45, 7) is 13.2. The van der Waals surface area contributed by atoms with Crippen LogP contribution in [0.4, 0.5) is 0 Å². The smallest absolute Gasteiger partial charge is 0.225 e. The number of nitrogens with two attached hydrogens (primary N) is 1. The molecule has 42 heavy (non-hydrogen) atoms. The van der Waals surface area contributed by atoms with E-state index in [1.165, 1.54) is 51.5 Å². The second-order valence-corrected chi connectivity index (χ2v) is 14.9. The first-order valence-electron chi connectivity index (χ1n) is 17.7. The number of piperidine rings is 1. The number of hydrogen-bond donors (Lipinski definition) is 3. The summed E-state index contributed by atoms with van der Waals surface area (Å²) in [5, 5.41) is 6.38. The van der Waals surface area contributed by atoms with Crippen LogP contribution in [-0.4, -0.2) is 91.7 Å². The van der Waals surface area contributed by atoms with E-state index in [1.54, 1.807) is 0 Å². The number of ether oxygens (including phenoxy) is 1. The molecule has 2 saturated heterocycles. The van der Waals surface area contributed by atoms with Crippen molar-refractivity contribution in [1.82, 2.24) is 20.4 Å². The summed E-state index contributed by atoms with van der Waals surface area (Å²) < 4.78 is 5.56. The molecule has 4 N–H and O–H groups in total. The van der Waals surface area contributed by atoms with Crippen LogP contribution in [0.2, 0.25) is 0 Å². The van der Waals surface area contributed by atoms with Crippen molar-refractivity contribution in [3.05, 3.63) is 0 Å². The molecule has 3 saturated carbocycles. The maximum absolute atomic E-state index is 13.8. The van der Waals surface area contributed by atoms with Crippen LogP contribution in [-0.2, 0) is 14.3 Å². The standard InChI is InChI=1S/C34H61N5O3/c1-4-39(30-11-9-29(35)10-12-30)31-19-27(26-7-5-25(6-8-26)22-38-13-15-42-16-14-38)18-28(20-31)33(40)36-21-32-23(2)17-24(3)37-34(32)41/h23-32H,4-22,35H2,1-3H3,(H,36,40)(H,37,41). The molecule has 8 nitrogen and oxygen atoms in total. The predicted octanol–water partition coefficient (Wildman–Crippen LogP) is 3.78. The van der Waals surface area contributed by atoms with Crippen LogP contribution in [0.15, 0.2) is 0 Å². The van der Waals surface area contributed by atoms with Gasteiger partial charge in [-0.15, -0.1) is 0 Å². The molecule has 2 amide bonds. The van der Waals surface area contributed by atoms with Crippen LogP contribution >= 0.6 is 0 Å². The van der Waals surface area contributed by atoms with E-state index in [1.807, 2.05) is 0 Å². The van der Waals surface area contributed by atoms with E-state index in [4.69, 9.17) is 10.5 Å². The fourth-order valence-electron chi connectivity index (χ4n) is 9.48. The Kier molecular flexibility index (Phi) is 11.6. The zero-order valence-electron chi connectivity index (χ0n) is 26.9. The molecule has 5 fully saturated rings. The first-order chi connectivity index (χ1) is 20.3. The SMILES string of the molecule is CCN(C1CCC(N)CC1)C1CC(C(=O)NCC2C(=O)NC(C)CC2C)CC(C2CCC(CN3CCOCC3)CC2)C1. The summed E-state index contributed by atoms with van der Waals surface area (Å²) in [6, 6.07) is 1.64. The summed E-state index contributed by atoms with van der Waals surface area (Å²) in [5.41, 5.74) is 6.28. The largest absolute Gasteiger partial charge is 0.379 e. The lowest BCUT2D eigenvalue weighted by Crippen LogP contribution is -2.53. The summed E-state index contributed by atoms with van der Waals surface area (Å²) in [6.07, 6.45) is 14.1. The average molecular weight is 588 g/mol. The van der Waals surface area contributed by atoms with Crippen LogP contribution in [0.3, 0.4) is 0 Å². The van der Waals surface area contributed by atoms with Gasteiger partial charge in [0.25, 0.3) is 0 Å². The Morgan fingerprint density at radius 3 is 2.33 bits per heavy atom. The number of morpholine rings is 1. The molecule has 0 aromatic carbocycles. The first kappa shape index (κ1) is 32.2. The quantitative estimate of drug-likeness (QED) is 0.380. The van der Waals surface area contributed by atoms with E-state index in [-0.39, 0.29) is 29.7 Å². The summed E-state index contributed by atoms with van der Waals surface area (Å²) in [4.78, 5) is 31.9. The molecule has 240 valence electrons. The molecule has 0 radical (unpaired) electrons. The number of amides is 2. The van der Waals surface area contributed by atoms with Crippen molar-refractivity contribution >= 4 is 11.8 Å². The molecule has 5 rings (SSSR count). The van der Waals surface area contributed by atoms with Gasteiger partial charge in [0.05, 0.1) is 19.1 Å². The van der Waals surface area contributed by atoms with Crippen molar-refractivity contribution < 1.29 is 14.3 Å². The minimum atomic E-state index is -0.124. The van der Waals surface area contributed by atoms with Crippen LogP contribution in [0.5, 0.6) is 0 Å². The highest BCUT2D eigenvalue weighted by atomic mass is 16.5. The maximum atomic E-state index is 13.8. The van der Waals surface area contributed by atoms with Gasteiger partial charge in [-0.05, 0) is 114 Å². The number of carbonyl (C=O) groups is 2. The highest BCUT2D eigenvalue weighted by Crippen LogP contribution is 2.44. The zero-order valence-corrected chi connectivity index (χ0v) is 26.9. The van der Waals surface area contributed by atoms with Crippen LogP contribution in [0.25, 0.3) is 0 Å². The summed E-state index contributed by atoms with van der Waals surface area (Å²) >= 11 is 0. The molecular weight excluding hydrogens is 526 g/mol. The van der Waals surface area contributed by atoms with Crippen molar-refractivity contribution in [3.8, 4) is 0 Å². The van der Waals surface area contributed by atoms with Gasteiger partial charge >= 0.3 is 0 Å². The van der Waals surface area contributed by atoms with Gasteiger partial charge in [-0.2, -0.15) is 0 Å². The van der Waals surface area contributed by atoms with Crippen molar-refractivity contribution in [1.29, 1.82) is 0 Å². The minimum absolute atomic E-state index is 0.0422. The molecule has 0 bridgehead atoms. The van der Waals surface area contributed by atoms with Crippen LogP contribution in [0, 0.1) is 35.5 Å². The lowest BCUT2D eigenvalue weighted by atomic mass is 9.66. The fourth-order valence-corrected chi connectivity index (χ4v) is 9.48. The lowest BCUT2D eigenvalue weighted by molar-refractivity contribution is -0.131. The minimum Gasteiger partial charge on any atom is -0.379 e. The van der Waals surface area contributed by atoms with E-state index in [9.17, 15) is 9.59 Å². The third-order valence-corrected chi connectivity index (χ3v) is 11.9. The van der Waals surface area contributed by atoms with E-state index < -0.39 is 0 Å². The fraction of sp³-hybridized carbons (Fsp3) is 0.941. The zero-order chi connectivity index (χ0) is 29.6. The van der Waals surface area contributed by atoms with Crippen molar-refractivity contribution in [2.24, 2.45) is 41.2 Å². The molecule has 3 aliphatic carbocycles. The highest BCUT2D eigenvalue weighted by Gasteiger charge is 2.42. The molecule has 6 unspecified atom stereocenters. The summed E-state index contributed by atoms with van der Waals surface area (Å²) in [5.74, 6) is 2.65. The van der Waals surface area contributed by atoms with Crippen molar-refractivity contribution in [3.63, 3.8) is 0 Å². The second-order valence-electron chi connectivity index (χ2n) is 14.9. The van der Waals surface area contributed by atoms with Gasteiger partial charge in [0.2, 0.25) is 11.8 Å². The predicted molar refractivity (Wildman–Crippen MR) is 168 cm³/mol. The Balaban J connectivity index is 1.22. The number of hydrogen-bond acceptors (Lipinski definition) is 6. The molecule has 0 aromatic rings. The van der Waals surface area contributed by atoms with Crippen LogP contribution in [0.1, 0.15) is 97.8 Å². The molecule has 2 aliphatic heterocycles. The number of rotatable bonds is 9. The maximum Gasteiger partial charge on any atom is 0.225 e. The Hall–Kier alpha value is -1.22. The molecule has 0 aromatic heterocycles. The van der Waals surface area contributed by atoms with E-state index in [2.05, 4.69) is 41.2 Å². The third kappa shape index (κ3) is 8.28. The molecule has 6 atom stereocenters. The number of nitrogens with one attached hydrogen (secondary N) is 2. The normalized spacial score (nSPS) is 40.5.